The predicted octanol–water partition coefficient (Wildman–Crippen LogP) is 2.86. The maximum atomic E-state index is 13.0. The lowest BCUT2D eigenvalue weighted by Crippen LogP contribution is -2.32. The molecule has 1 fully saturated rings. The number of β-amino-alcohol motifs (C(OH)–C–C–N with tert-alkyl or cyclic N) is 1. The number of furan rings is 1. The summed E-state index contributed by atoms with van der Waals surface area (Å²) in [5, 5.41) is 10.9. The fourth-order valence-corrected chi connectivity index (χ4v) is 3.38. The molecule has 1 saturated heterocycles. The number of para-hydroxylation sites is 1. The molecule has 2 heterocycles. The summed E-state index contributed by atoms with van der Waals surface area (Å²) in [6, 6.07) is 16.9. The average Bonchev–Trinajstić information content (AvgIpc) is 2.90. The van der Waals surface area contributed by atoms with E-state index in [1.165, 1.54) is 0 Å². The van der Waals surface area contributed by atoms with Crippen molar-refractivity contribution in [2.45, 2.75) is 12.6 Å². The van der Waals surface area contributed by atoms with Crippen LogP contribution in [0.25, 0.3) is 11.0 Å². The number of aliphatic hydroxyl groups excluding tert-OH is 1. The predicted molar refractivity (Wildman–Crippen MR) is 98.2 cm³/mol. The molecule has 1 aliphatic heterocycles. The van der Waals surface area contributed by atoms with Gasteiger partial charge < -0.3 is 14.3 Å². The second kappa shape index (κ2) is 7.41. The second-order valence-electron chi connectivity index (χ2n) is 6.56. The summed E-state index contributed by atoms with van der Waals surface area (Å²) in [6.45, 7) is 2.66. The molecule has 2 aromatic carbocycles. The molecule has 134 valence electrons. The molecule has 1 unspecified atom stereocenters. The van der Waals surface area contributed by atoms with Gasteiger partial charge in [0.05, 0.1) is 19.3 Å². The standard InChI is InChI=1S/C21H21NO4/c23-16-12-22(10-11-25-14-16)13-18-17-8-4-5-9-19(17)26-21(18)20(24)15-6-2-1-3-7-15/h1-9,16,23H,10-14H2. The smallest absolute Gasteiger partial charge is 0.228 e. The Balaban J connectivity index is 1.73. The van der Waals surface area contributed by atoms with Gasteiger partial charge in [0.2, 0.25) is 5.78 Å². The highest BCUT2D eigenvalue weighted by Gasteiger charge is 2.25. The topological polar surface area (TPSA) is 62.9 Å². The molecule has 0 saturated carbocycles. The van der Waals surface area contributed by atoms with Crippen LogP contribution in [-0.2, 0) is 11.3 Å². The first-order valence-corrected chi connectivity index (χ1v) is 8.80. The van der Waals surface area contributed by atoms with Crippen LogP contribution in [0.15, 0.2) is 59.0 Å². The lowest BCUT2D eigenvalue weighted by atomic mass is 10.0. The zero-order chi connectivity index (χ0) is 17.9. The quantitative estimate of drug-likeness (QED) is 0.733. The van der Waals surface area contributed by atoms with Gasteiger partial charge >= 0.3 is 0 Å². The zero-order valence-corrected chi connectivity index (χ0v) is 14.4. The van der Waals surface area contributed by atoms with Crippen molar-refractivity contribution in [3.8, 4) is 0 Å². The highest BCUT2D eigenvalue weighted by Crippen LogP contribution is 2.29. The number of carbonyl (C=O) groups excluding carboxylic acids is 1. The van der Waals surface area contributed by atoms with Crippen LogP contribution in [0.4, 0.5) is 0 Å². The molecular weight excluding hydrogens is 330 g/mol. The summed E-state index contributed by atoms with van der Waals surface area (Å²) in [5.41, 5.74) is 2.17. The Morgan fingerprint density at radius 1 is 1.12 bits per heavy atom. The van der Waals surface area contributed by atoms with Gasteiger partial charge in [-0.1, -0.05) is 48.5 Å². The highest BCUT2D eigenvalue weighted by atomic mass is 16.5. The summed E-state index contributed by atoms with van der Waals surface area (Å²) in [6.07, 6.45) is -0.524. The van der Waals surface area contributed by atoms with E-state index in [0.717, 1.165) is 10.9 Å². The van der Waals surface area contributed by atoms with E-state index >= 15 is 0 Å². The molecule has 1 aromatic heterocycles. The minimum absolute atomic E-state index is 0.122. The Bertz CT molecular complexity index is 903. The Hall–Kier alpha value is -2.47. The number of rotatable bonds is 4. The number of hydrogen-bond donors (Lipinski definition) is 1. The monoisotopic (exact) mass is 351 g/mol. The Labute approximate surface area is 151 Å². The van der Waals surface area contributed by atoms with Crippen LogP contribution in [-0.4, -0.2) is 48.2 Å². The summed E-state index contributed by atoms with van der Waals surface area (Å²) in [5.74, 6) is 0.250. The van der Waals surface area contributed by atoms with Gasteiger partial charge in [-0.2, -0.15) is 0 Å². The van der Waals surface area contributed by atoms with E-state index in [0.29, 0.717) is 49.8 Å². The number of nitrogens with zero attached hydrogens (tertiary/aromatic N) is 1. The Kier molecular flexibility index (Phi) is 4.84. The molecule has 0 aliphatic carbocycles. The molecule has 0 spiro atoms. The van der Waals surface area contributed by atoms with Gasteiger partial charge in [-0.15, -0.1) is 0 Å². The third-order valence-electron chi connectivity index (χ3n) is 4.65. The number of benzene rings is 2. The first-order chi connectivity index (χ1) is 12.7. The van der Waals surface area contributed by atoms with Crippen molar-refractivity contribution >= 4 is 16.8 Å². The third-order valence-corrected chi connectivity index (χ3v) is 4.65. The molecule has 5 nitrogen and oxygen atoms in total. The van der Waals surface area contributed by atoms with Crippen molar-refractivity contribution in [3.05, 3.63) is 71.5 Å². The average molecular weight is 351 g/mol. The molecule has 0 amide bonds. The minimum Gasteiger partial charge on any atom is -0.452 e. The first-order valence-electron chi connectivity index (χ1n) is 8.80. The van der Waals surface area contributed by atoms with Crippen LogP contribution in [0, 0.1) is 0 Å². The molecule has 4 rings (SSSR count). The fraction of sp³-hybridized carbons (Fsp3) is 0.286. The molecule has 1 aliphatic rings. The molecule has 0 radical (unpaired) electrons. The van der Waals surface area contributed by atoms with E-state index < -0.39 is 6.10 Å². The Morgan fingerprint density at radius 3 is 2.73 bits per heavy atom. The number of ketones is 1. The van der Waals surface area contributed by atoms with Crippen LogP contribution in [0.3, 0.4) is 0 Å². The van der Waals surface area contributed by atoms with E-state index in [4.69, 9.17) is 9.15 Å². The van der Waals surface area contributed by atoms with Crippen LogP contribution in [0.1, 0.15) is 21.7 Å². The van der Waals surface area contributed by atoms with Crippen LogP contribution >= 0.6 is 0 Å². The molecule has 5 heteroatoms. The van der Waals surface area contributed by atoms with Crippen molar-refractivity contribution in [1.82, 2.24) is 4.90 Å². The summed E-state index contributed by atoms with van der Waals surface area (Å²) >= 11 is 0. The van der Waals surface area contributed by atoms with Gasteiger partial charge in [0, 0.05) is 36.1 Å². The number of ether oxygens (including phenoxy) is 1. The largest absolute Gasteiger partial charge is 0.452 e. The SMILES string of the molecule is O=C(c1ccccc1)c1oc2ccccc2c1CN1CCOCC(O)C1. The van der Waals surface area contributed by atoms with Crippen molar-refractivity contribution in [2.24, 2.45) is 0 Å². The highest BCUT2D eigenvalue weighted by molar-refractivity contribution is 6.10. The van der Waals surface area contributed by atoms with Crippen molar-refractivity contribution in [2.75, 3.05) is 26.3 Å². The van der Waals surface area contributed by atoms with Crippen molar-refractivity contribution < 1.29 is 19.1 Å². The summed E-state index contributed by atoms with van der Waals surface area (Å²) in [7, 11) is 0. The number of hydrogen-bond acceptors (Lipinski definition) is 5. The normalized spacial score (nSPS) is 18.7. The van der Waals surface area contributed by atoms with E-state index in [2.05, 4.69) is 4.90 Å². The molecule has 0 bridgehead atoms. The number of aliphatic hydroxyl groups is 1. The summed E-state index contributed by atoms with van der Waals surface area (Å²) in [4.78, 5) is 15.1. The molecule has 1 atom stereocenters. The zero-order valence-electron chi connectivity index (χ0n) is 14.4. The number of carbonyl (C=O) groups is 1. The maximum absolute atomic E-state index is 13.0. The lowest BCUT2D eigenvalue weighted by Gasteiger charge is -2.20. The van der Waals surface area contributed by atoms with E-state index in [1.807, 2.05) is 42.5 Å². The van der Waals surface area contributed by atoms with Crippen molar-refractivity contribution in [1.29, 1.82) is 0 Å². The van der Waals surface area contributed by atoms with Gasteiger partial charge in [0.15, 0.2) is 5.76 Å². The third kappa shape index (κ3) is 3.42. The lowest BCUT2D eigenvalue weighted by molar-refractivity contribution is 0.0562. The van der Waals surface area contributed by atoms with Crippen LogP contribution in [0.5, 0.6) is 0 Å². The van der Waals surface area contributed by atoms with Gasteiger partial charge in [0.25, 0.3) is 0 Å². The minimum atomic E-state index is -0.524. The maximum Gasteiger partial charge on any atom is 0.228 e. The first kappa shape index (κ1) is 17.0. The molecule has 26 heavy (non-hydrogen) atoms. The van der Waals surface area contributed by atoms with E-state index in [1.54, 1.807) is 12.1 Å². The molecule has 1 N–H and O–H groups in total. The second-order valence-corrected chi connectivity index (χ2v) is 6.56. The molecular formula is C21H21NO4. The van der Waals surface area contributed by atoms with Gasteiger partial charge in [-0.3, -0.25) is 9.69 Å². The Morgan fingerprint density at radius 2 is 1.88 bits per heavy atom. The van der Waals surface area contributed by atoms with E-state index in [-0.39, 0.29) is 5.78 Å². The number of fused-ring (bicyclic) bond motifs is 1. The van der Waals surface area contributed by atoms with Gasteiger partial charge in [0.1, 0.15) is 5.58 Å². The van der Waals surface area contributed by atoms with Crippen LogP contribution in [0.2, 0.25) is 0 Å². The van der Waals surface area contributed by atoms with E-state index in [9.17, 15) is 9.90 Å². The fourth-order valence-electron chi connectivity index (χ4n) is 3.38. The summed E-state index contributed by atoms with van der Waals surface area (Å²) < 4.78 is 11.4. The molecule has 3 aromatic rings. The van der Waals surface area contributed by atoms with Crippen molar-refractivity contribution in [3.63, 3.8) is 0 Å². The van der Waals surface area contributed by atoms with Gasteiger partial charge in [-0.05, 0) is 6.07 Å². The van der Waals surface area contributed by atoms with Gasteiger partial charge in [-0.25, -0.2) is 0 Å². The van der Waals surface area contributed by atoms with Crippen LogP contribution < -0.4 is 0 Å².